The Hall–Kier alpha value is -1.59. The zero-order valence-corrected chi connectivity index (χ0v) is 10.5. The molecule has 18 heavy (non-hydrogen) atoms. The van der Waals surface area contributed by atoms with Crippen molar-refractivity contribution in [1.29, 1.82) is 0 Å². The number of benzene rings is 1. The van der Waals surface area contributed by atoms with Crippen molar-refractivity contribution in [1.82, 2.24) is 5.32 Å². The first-order valence-electron chi connectivity index (χ1n) is 5.69. The molecule has 0 radical (unpaired) electrons. The summed E-state index contributed by atoms with van der Waals surface area (Å²) in [6, 6.07) is 4.56. The molecule has 1 fully saturated rings. The summed E-state index contributed by atoms with van der Waals surface area (Å²) in [5, 5.41) is 6.23. The number of amides is 2. The van der Waals surface area contributed by atoms with E-state index in [-0.39, 0.29) is 11.8 Å². The van der Waals surface area contributed by atoms with E-state index in [0.717, 1.165) is 13.0 Å². The molecule has 0 aliphatic carbocycles. The van der Waals surface area contributed by atoms with Gasteiger partial charge in [0.1, 0.15) is 0 Å². The smallest absolute Gasteiger partial charge is 0.248 e. The second-order valence-corrected chi connectivity index (χ2v) is 4.65. The van der Waals surface area contributed by atoms with Crippen molar-refractivity contribution in [3.8, 4) is 0 Å². The van der Waals surface area contributed by atoms with Gasteiger partial charge in [-0.3, -0.25) is 9.59 Å². The number of rotatable bonds is 3. The molecule has 4 N–H and O–H groups in total. The fourth-order valence-corrected chi connectivity index (χ4v) is 2.05. The van der Waals surface area contributed by atoms with Crippen LogP contribution in [0.2, 0.25) is 5.02 Å². The average Bonchev–Trinajstić information content (AvgIpc) is 2.85. The zero-order valence-electron chi connectivity index (χ0n) is 9.70. The van der Waals surface area contributed by atoms with Gasteiger partial charge in [-0.25, -0.2) is 0 Å². The number of nitrogens with one attached hydrogen (secondary N) is 2. The quantitative estimate of drug-likeness (QED) is 0.763. The van der Waals surface area contributed by atoms with Gasteiger partial charge >= 0.3 is 0 Å². The van der Waals surface area contributed by atoms with Gasteiger partial charge in [-0.1, -0.05) is 11.6 Å². The highest BCUT2D eigenvalue weighted by Gasteiger charge is 2.23. The van der Waals surface area contributed by atoms with Crippen molar-refractivity contribution in [3.63, 3.8) is 0 Å². The van der Waals surface area contributed by atoms with Gasteiger partial charge in [-0.2, -0.15) is 0 Å². The Bertz CT molecular complexity index is 484. The van der Waals surface area contributed by atoms with Gasteiger partial charge in [0.15, 0.2) is 0 Å². The minimum atomic E-state index is -0.551. The monoisotopic (exact) mass is 267 g/mol. The summed E-state index contributed by atoms with van der Waals surface area (Å²) in [5.41, 5.74) is 5.92. The first-order chi connectivity index (χ1) is 8.58. The predicted molar refractivity (Wildman–Crippen MR) is 69.6 cm³/mol. The second kappa shape index (κ2) is 5.37. The summed E-state index contributed by atoms with van der Waals surface area (Å²) in [4.78, 5) is 23.0. The highest BCUT2D eigenvalue weighted by Crippen LogP contribution is 2.24. The molecule has 0 bridgehead atoms. The summed E-state index contributed by atoms with van der Waals surface area (Å²) in [7, 11) is 0. The number of carbonyl (C=O) groups is 2. The van der Waals surface area contributed by atoms with Crippen LogP contribution in [0, 0.1) is 5.92 Å². The minimum Gasteiger partial charge on any atom is -0.366 e. The third-order valence-corrected chi connectivity index (χ3v) is 3.27. The number of hydrogen-bond donors (Lipinski definition) is 3. The van der Waals surface area contributed by atoms with Gasteiger partial charge < -0.3 is 16.4 Å². The van der Waals surface area contributed by atoms with E-state index in [0.29, 0.717) is 22.8 Å². The number of primary amides is 1. The van der Waals surface area contributed by atoms with Crippen LogP contribution in [0.25, 0.3) is 0 Å². The topological polar surface area (TPSA) is 84.2 Å². The number of nitrogens with two attached hydrogens (primary N) is 1. The Balaban J connectivity index is 2.14. The van der Waals surface area contributed by atoms with Gasteiger partial charge in [0.2, 0.25) is 11.8 Å². The van der Waals surface area contributed by atoms with Gasteiger partial charge in [-0.05, 0) is 31.2 Å². The van der Waals surface area contributed by atoms with E-state index >= 15 is 0 Å². The molecule has 1 aromatic rings. The maximum absolute atomic E-state index is 11.9. The molecule has 5 nitrogen and oxygen atoms in total. The van der Waals surface area contributed by atoms with Gasteiger partial charge in [0, 0.05) is 12.1 Å². The first kappa shape index (κ1) is 12.9. The largest absolute Gasteiger partial charge is 0.366 e. The Kier molecular flexibility index (Phi) is 3.84. The SMILES string of the molecule is NC(=O)c1ccc(Cl)c(NC(=O)C2CCNC2)c1. The van der Waals surface area contributed by atoms with Crippen LogP contribution in [0.5, 0.6) is 0 Å². The molecular weight excluding hydrogens is 254 g/mol. The maximum atomic E-state index is 11.9. The molecule has 0 saturated carbocycles. The third kappa shape index (κ3) is 2.80. The van der Waals surface area contributed by atoms with Crippen LogP contribution < -0.4 is 16.4 Å². The van der Waals surface area contributed by atoms with Crippen LogP contribution in [0.15, 0.2) is 18.2 Å². The van der Waals surface area contributed by atoms with E-state index < -0.39 is 5.91 Å². The lowest BCUT2D eigenvalue weighted by atomic mass is 10.1. The molecule has 2 rings (SSSR count). The average molecular weight is 268 g/mol. The Labute approximate surface area is 110 Å². The highest BCUT2D eigenvalue weighted by atomic mass is 35.5. The summed E-state index contributed by atoms with van der Waals surface area (Å²) < 4.78 is 0. The van der Waals surface area contributed by atoms with E-state index in [4.69, 9.17) is 17.3 Å². The number of hydrogen-bond acceptors (Lipinski definition) is 3. The molecule has 1 unspecified atom stereocenters. The molecular formula is C12H14ClN3O2. The predicted octanol–water partition coefficient (Wildman–Crippen LogP) is 0.987. The molecule has 1 aliphatic rings. The lowest BCUT2D eigenvalue weighted by Crippen LogP contribution is -2.25. The standard InChI is InChI=1S/C12H14ClN3O2/c13-9-2-1-7(11(14)17)5-10(9)16-12(18)8-3-4-15-6-8/h1-2,5,8,15H,3-4,6H2,(H2,14,17)(H,16,18). The molecule has 2 amide bonds. The van der Waals surface area contributed by atoms with Crippen molar-refractivity contribution in [3.05, 3.63) is 28.8 Å². The van der Waals surface area contributed by atoms with Crippen molar-refractivity contribution < 1.29 is 9.59 Å². The Morgan fingerprint density at radius 1 is 1.44 bits per heavy atom. The zero-order chi connectivity index (χ0) is 13.1. The molecule has 6 heteroatoms. The van der Waals surface area contributed by atoms with E-state index in [9.17, 15) is 9.59 Å². The molecule has 96 valence electrons. The summed E-state index contributed by atoms with van der Waals surface area (Å²) >= 11 is 5.97. The molecule has 1 saturated heterocycles. The number of carbonyl (C=O) groups excluding carboxylic acids is 2. The fraction of sp³-hybridized carbons (Fsp3) is 0.333. The molecule has 1 heterocycles. The fourth-order valence-electron chi connectivity index (χ4n) is 1.89. The van der Waals surface area contributed by atoms with E-state index in [2.05, 4.69) is 10.6 Å². The van der Waals surface area contributed by atoms with Crippen molar-refractivity contribution >= 4 is 29.1 Å². The van der Waals surface area contributed by atoms with Gasteiger partial charge in [0.25, 0.3) is 0 Å². The van der Waals surface area contributed by atoms with Crippen LogP contribution in [-0.2, 0) is 4.79 Å². The summed E-state index contributed by atoms with van der Waals surface area (Å²) in [6.45, 7) is 1.51. The van der Waals surface area contributed by atoms with E-state index in [1.165, 1.54) is 12.1 Å². The van der Waals surface area contributed by atoms with E-state index in [1.54, 1.807) is 6.07 Å². The molecule has 0 aromatic heterocycles. The molecule has 1 aromatic carbocycles. The van der Waals surface area contributed by atoms with Crippen molar-refractivity contribution in [2.24, 2.45) is 11.7 Å². The Morgan fingerprint density at radius 3 is 2.83 bits per heavy atom. The Morgan fingerprint density at radius 2 is 2.22 bits per heavy atom. The second-order valence-electron chi connectivity index (χ2n) is 4.24. The third-order valence-electron chi connectivity index (χ3n) is 2.94. The van der Waals surface area contributed by atoms with Crippen LogP contribution in [-0.4, -0.2) is 24.9 Å². The van der Waals surface area contributed by atoms with Gasteiger partial charge in [0.05, 0.1) is 16.6 Å². The molecule has 1 atom stereocenters. The van der Waals surface area contributed by atoms with Gasteiger partial charge in [-0.15, -0.1) is 0 Å². The maximum Gasteiger partial charge on any atom is 0.248 e. The van der Waals surface area contributed by atoms with Crippen LogP contribution in [0.3, 0.4) is 0 Å². The van der Waals surface area contributed by atoms with E-state index in [1.807, 2.05) is 0 Å². The summed E-state index contributed by atoms with van der Waals surface area (Å²) in [5.74, 6) is -0.702. The van der Waals surface area contributed by atoms with Crippen LogP contribution in [0.4, 0.5) is 5.69 Å². The first-order valence-corrected chi connectivity index (χ1v) is 6.06. The van der Waals surface area contributed by atoms with Crippen molar-refractivity contribution in [2.75, 3.05) is 18.4 Å². The minimum absolute atomic E-state index is 0.0571. The van der Waals surface area contributed by atoms with Crippen LogP contribution in [0.1, 0.15) is 16.8 Å². The van der Waals surface area contributed by atoms with Crippen molar-refractivity contribution in [2.45, 2.75) is 6.42 Å². The molecule has 0 spiro atoms. The normalized spacial score (nSPS) is 18.6. The summed E-state index contributed by atoms with van der Waals surface area (Å²) in [6.07, 6.45) is 0.805. The lowest BCUT2D eigenvalue weighted by molar-refractivity contribution is -0.119. The highest BCUT2D eigenvalue weighted by molar-refractivity contribution is 6.33. The molecule has 1 aliphatic heterocycles. The lowest BCUT2D eigenvalue weighted by Gasteiger charge is -2.11. The number of halogens is 1. The number of anilines is 1. The van der Waals surface area contributed by atoms with Crippen LogP contribution >= 0.6 is 11.6 Å².